The number of hydrogen-bond donors (Lipinski definition) is 1. The van der Waals surface area contributed by atoms with Crippen molar-refractivity contribution in [3.63, 3.8) is 0 Å². The van der Waals surface area contributed by atoms with Gasteiger partial charge in [0, 0.05) is 5.75 Å². The van der Waals surface area contributed by atoms with E-state index < -0.39 is 0 Å². The zero-order chi connectivity index (χ0) is 11.4. The zero-order valence-electron chi connectivity index (χ0n) is 9.61. The lowest BCUT2D eigenvalue weighted by atomic mass is 9.89. The Kier molecular flexibility index (Phi) is 4.13. The summed E-state index contributed by atoms with van der Waals surface area (Å²) in [5, 5.41) is 9.90. The quantitative estimate of drug-likeness (QED) is 0.818. The highest BCUT2D eigenvalue weighted by Gasteiger charge is 2.18. The Morgan fingerprint density at radius 3 is 3.19 bits per heavy atom. The third-order valence-corrected chi connectivity index (χ3v) is 3.53. The van der Waals surface area contributed by atoms with Gasteiger partial charge in [-0.3, -0.25) is 0 Å². The molecule has 0 saturated heterocycles. The van der Waals surface area contributed by atoms with Gasteiger partial charge in [-0.05, 0) is 48.8 Å². The number of benzene rings is 1. The highest BCUT2D eigenvalue weighted by molar-refractivity contribution is 7.98. The largest absolute Gasteiger partial charge is 0.493 e. The first-order valence-corrected chi connectivity index (χ1v) is 7.13. The van der Waals surface area contributed by atoms with Crippen LogP contribution in [-0.2, 0) is 6.42 Å². The molecule has 1 aliphatic carbocycles. The molecule has 1 aliphatic rings. The number of rotatable bonds is 4. The Morgan fingerprint density at radius 1 is 1.50 bits per heavy atom. The van der Waals surface area contributed by atoms with E-state index >= 15 is 0 Å². The minimum Gasteiger partial charge on any atom is -0.493 e. The maximum absolute atomic E-state index is 9.90. The number of hydrogen-bond acceptors (Lipinski definition) is 3. The molecule has 1 N–H and O–H groups in total. The molecule has 0 radical (unpaired) electrons. The van der Waals surface area contributed by atoms with E-state index in [2.05, 4.69) is 12.3 Å². The van der Waals surface area contributed by atoms with Crippen LogP contribution < -0.4 is 4.74 Å². The fraction of sp³-hybridized carbons (Fsp3) is 0.538. The molecule has 1 atom stereocenters. The van der Waals surface area contributed by atoms with Crippen molar-refractivity contribution in [3.05, 3.63) is 29.3 Å². The van der Waals surface area contributed by atoms with E-state index in [1.165, 1.54) is 5.56 Å². The fourth-order valence-electron chi connectivity index (χ4n) is 2.08. The van der Waals surface area contributed by atoms with E-state index in [4.69, 9.17) is 4.74 Å². The highest BCUT2D eigenvalue weighted by atomic mass is 32.2. The smallest absolute Gasteiger partial charge is 0.119 e. The van der Waals surface area contributed by atoms with Crippen LogP contribution in [0.15, 0.2) is 18.2 Å². The predicted octanol–water partition coefficient (Wildman–Crippen LogP) is 2.80. The summed E-state index contributed by atoms with van der Waals surface area (Å²) in [5.41, 5.74) is 2.34. The first kappa shape index (κ1) is 11.8. The second kappa shape index (κ2) is 5.60. The molecule has 0 fully saturated rings. The second-order valence-electron chi connectivity index (χ2n) is 4.11. The fourth-order valence-corrected chi connectivity index (χ4v) is 2.33. The maximum atomic E-state index is 9.90. The molecule has 0 aromatic heterocycles. The van der Waals surface area contributed by atoms with E-state index in [9.17, 15) is 5.11 Å². The molecule has 3 heteroatoms. The summed E-state index contributed by atoms with van der Waals surface area (Å²) in [6.45, 7) is 0.732. The first-order chi connectivity index (χ1) is 7.81. The molecule has 0 amide bonds. The summed E-state index contributed by atoms with van der Waals surface area (Å²) < 4.78 is 5.63. The molecule has 1 aromatic carbocycles. The van der Waals surface area contributed by atoms with Crippen LogP contribution in [0, 0.1) is 0 Å². The van der Waals surface area contributed by atoms with Gasteiger partial charge in [0.1, 0.15) is 5.75 Å². The lowest BCUT2D eigenvalue weighted by Gasteiger charge is -2.21. The Labute approximate surface area is 101 Å². The molecule has 0 aliphatic heterocycles. The van der Waals surface area contributed by atoms with E-state index in [-0.39, 0.29) is 6.10 Å². The van der Waals surface area contributed by atoms with E-state index in [1.54, 1.807) is 11.8 Å². The third kappa shape index (κ3) is 2.71. The average Bonchev–Trinajstić information content (AvgIpc) is 2.30. The van der Waals surface area contributed by atoms with Crippen molar-refractivity contribution in [1.29, 1.82) is 0 Å². The summed E-state index contributed by atoms with van der Waals surface area (Å²) in [4.78, 5) is 0. The Hall–Kier alpha value is -0.670. The maximum Gasteiger partial charge on any atom is 0.119 e. The molecular weight excluding hydrogens is 220 g/mol. The second-order valence-corrected chi connectivity index (χ2v) is 5.10. The van der Waals surface area contributed by atoms with Crippen LogP contribution in [0.2, 0.25) is 0 Å². The van der Waals surface area contributed by atoms with Gasteiger partial charge >= 0.3 is 0 Å². The van der Waals surface area contributed by atoms with Crippen molar-refractivity contribution in [2.75, 3.05) is 18.6 Å². The molecule has 0 spiro atoms. The molecule has 0 unspecified atom stereocenters. The zero-order valence-corrected chi connectivity index (χ0v) is 10.4. The van der Waals surface area contributed by atoms with Crippen LogP contribution in [0.5, 0.6) is 5.75 Å². The van der Waals surface area contributed by atoms with Gasteiger partial charge in [0.15, 0.2) is 0 Å². The normalized spacial score (nSPS) is 19.2. The Balaban J connectivity index is 2.08. The van der Waals surface area contributed by atoms with Crippen molar-refractivity contribution >= 4 is 11.8 Å². The lowest BCUT2D eigenvalue weighted by molar-refractivity contribution is 0.156. The van der Waals surface area contributed by atoms with Gasteiger partial charge in [-0.15, -0.1) is 0 Å². The number of aryl methyl sites for hydroxylation is 1. The Morgan fingerprint density at radius 2 is 2.38 bits per heavy atom. The number of ether oxygens (including phenoxy) is 1. The van der Waals surface area contributed by atoms with Crippen LogP contribution in [0.4, 0.5) is 0 Å². The summed E-state index contributed by atoms with van der Waals surface area (Å²) in [5.74, 6) is 1.88. The molecule has 16 heavy (non-hydrogen) atoms. The predicted molar refractivity (Wildman–Crippen MR) is 68.2 cm³/mol. The molecule has 0 heterocycles. The molecule has 2 nitrogen and oxygen atoms in total. The van der Waals surface area contributed by atoms with Crippen molar-refractivity contribution in [2.45, 2.75) is 25.4 Å². The first-order valence-electron chi connectivity index (χ1n) is 5.74. The lowest BCUT2D eigenvalue weighted by Crippen LogP contribution is -2.09. The van der Waals surface area contributed by atoms with Gasteiger partial charge in [0.05, 0.1) is 12.7 Å². The Bertz CT molecular complexity index is 352. The number of fused-ring (bicyclic) bond motifs is 1. The van der Waals surface area contributed by atoms with Gasteiger partial charge in [-0.1, -0.05) is 6.07 Å². The van der Waals surface area contributed by atoms with Gasteiger partial charge < -0.3 is 9.84 Å². The van der Waals surface area contributed by atoms with E-state index in [1.807, 2.05) is 12.1 Å². The van der Waals surface area contributed by atoms with Gasteiger partial charge in [0.2, 0.25) is 0 Å². The van der Waals surface area contributed by atoms with Crippen LogP contribution in [0.25, 0.3) is 0 Å². The van der Waals surface area contributed by atoms with Crippen molar-refractivity contribution < 1.29 is 9.84 Å². The minimum atomic E-state index is -0.298. The van der Waals surface area contributed by atoms with Crippen LogP contribution >= 0.6 is 11.8 Å². The third-order valence-electron chi connectivity index (χ3n) is 2.96. The van der Waals surface area contributed by atoms with Crippen LogP contribution in [0.1, 0.15) is 30.1 Å². The average molecular weight is 238 g/mol. The number of thioether (sulfide) groups is 1. The van der Waals surface area contributed by atoms with Crippen molar-refractivity contribution in [1.82, 2.24) is 0 Å². The number of aliphatic hydroxyl groups is 1. The standard InChI is InChI=1S/C13H18O2S/c1-16-8-7-15-11-6-5-10-3-2-4-13(14)12(10)9-11/h5-6,9,13-14H,2-4,7-8H2,1H3/t13-/m0/s1. The van der Waals surface area contributed by atoms with Gasteiger partial charge in [-0.2, -0.15) is 11.8 Å². The molecular formula is C13H18O2S. The minimum absolute atomic E-state index is 0.298. The highest BCUT2D eigenvalue weighted by Crippen LogP contribution is 2.32. The van der Waals surface area contributed by atoms with Gasteiger partial charge in [-0.25, -0.2) is 0 Å². The van der Waals surface area contributed by atoms with Crippen LogP contribution in [0.3, 0.4) is 0 Å². The van der Waals surface area contributed by atoms with E-state index in [0.29, 0.717) is 0 Å². The van der Waals surface area contributed by atoms with Crippen molar-refractivity contribution in [3.8, 4) is 5.75 Å². The van der Waals surface area contributed by atoms with Crippen LogP contribution in [-0.4, -0.2) is 23.7 Å². The molecule has 0 bridgehead atoms. The number of aliphatic hydroxyl groups excluding tert-OH is 1. The summed E-state index contributed by atoms with van der Waals surface area (Å²) in [6.07, 6.45) is 4.81. The van der Waals surface area contributed by atoms with Gasteiger partial charge in [0.25, 0.3) is 0 Å². The summed E-state index contributed by atoms with van der Waals surface area (Å²) in [7, 11) is 0. The summed E-state index contributed by atoms with van der Waals surface area (Å²) in [6, 6.07) is 6.10. The van der Waals surface area contributed by atoms with E-state index in [0.717, 1.165) is 42.9 Å². The molecule has 88 valence electrons. The molecule has 2 rings (SSSR count). The monoisotopic (exact) mass is 238 g/mol. The topological polar surface area (TPSA) is 29.5 Å². The molecule has 1 aromatic rings. The summed E-state index contributed by atoms with van der Waals surface area (Å²) >= 11 is 1.78. The SMILES string of the molecule is CSCCOc1ccc2c(c1)[C@@H](O)CCC2. The van der Waals surface area contributed by atoms with Crippen molar-refractivity contribution in [2.24, 2.45) is 0 Å². The molecule has 0 saturated carbocycles.